The molecule has 1 heterocycles. The number of hydrogen-bond donors (Lipinski definition) is 1. The Hall–Kier alpha value is -0.310. The number of hydrogen-bond acceptors (Lipinski definition) is 2. The smallest absolute Gasteiger partial charge is 0.338 e. The molecule has 14 heavy (non-hydrogen) atoms. The molecule has 0 fully saturated rings. The summed E-state index contributed by atoms with van der Waals surface area (Å²) in [7, 11) is 0. The molecule has 0 aliphatic rings. The molecule has 0 spiro atoms. The van der Waals surface area contributed by atoms with Gasteiger partial charge in [-0.2, -0.15) is 0 Å². The monoisotopic (exact) mass is 377 g/mol. The molecular weight excluding hydrogens is 375 g/mol. The maximum atomic E-state index is 12.4. The highest BCUT2D eigenvalue weighted by molar-refractivity contribution is 14.1. The molecule has 0 unspecified atom stereocenters. The number of rotatable bonds is 2. The quantitative estimate of drug-likeness (QED) is 0.636. The van der Waals surface area contributed by atoms with Crippen LogP contribution in [-0.2, 0) is 0 Å². The van der Waals surface area contributed by atoms with Gasteiger partial charge in [0.2, 0.25) is 0 Å². The molecule has 0 aliphatic carbocycles. The van der Waals surface area contributed by atoms with Crippen LogP contribution < -0.4 is 0 Å². The Morgan fingerprint density at radius 1 is 1.64 bits per heavy atom. The van der Waals surface area contributed by atoms with Crippen LogP contribution in [0.15, 0.2) is 10.5 Å². The second kappa shape index (κ2) is 4.47. The summed E-state index contributed by atoms with van der Waals surface area (Å²) in [6, 6.07) is 1.37. The van der Waals surface area contributed by atoms with Gasteiger partial charge in [-0.3, -0.25) is 0 Å². The Bertz CT molecular complexity index is 386. The van der Waals surface area contributed by atoms with Gasteiger partial charge in [0.15, 0.2) is 0 Å². The van der Waals surface area contributed by atoms with E-state index in [9.17, 15) is 13.6 Å². The maximum Gasteiger partial charge on any atom is 0.338 e. The van der Waals surface area contributed by atoms with Gasteiger partial charge in [0, 0.05) is 4.47 Å². The summed E-state index contributed by atoms with van der Waals surface area (Å²) in [6.07, 6.45) is -2.90. The van der Waals surface area contributed by atoms with Crippen molar-refractivity contribution in [1.82, 2.24) is 4.98 Å². The van der Waals surface area contributed by atoms with E-state index in [1.165, 1.54) is 6.07 Å². The van der Waals surface area contributed by atoms with Crippen molar-refractivity contribution in [3.05, 3.63) is 25.5 Å². The predicted octanol–water partition coefficient (Wildman–Crippen LogP) is 3.08. The molecule has 0 aliphatic heterocycles. The van der Waals surface area contributed by atoms with E-state index in [1.807, 2.05) is 0 Å². The summed E-state index contributed by atoms with van der Waals surface area (Å²) in [4.78, 5) is 14.1. The van der Waals surface area contributed by atoms with Crippen molar-refractivity contribution in [2.75, 3.05) is 0 Å². The Morgan fingerprint density at radius 2 is 2.21 bits per heavy atom. The van der Waals surface area contributed by atoms with Gasteiger partial charge in [-0.25, -0.2) is 18.6 Å². The largest absolute Gasteiger partial charge is 0.478 e. The highest BCUT2D eigenvalue weighted by Crippen LogP contribution is 2.28. The maximum absolute atomic E-state index is 12.4. The molecule has 1 aromatic rings. The lowest BCUT2D eigenvalue weighted by Gasteiger charge is -2.06. The van der Waals surface area contributed by atoms with Crippen LogP contribution in [0.4, 0.5) is 8.78 Å². The second-order valence-electron chi connectivity index (χ2n) is 2.29. The molecule has 0 saturated carbocycles. The Balaban J connectivity index is 3.44. The summed E-state index contributed by atoms with van der Waals surface area (Å²) in [5.41, 5.74) is -1.20. The standard InChI is InChI=1S/C7H3BrF2INO2/c8-2-1-3(11)12-5(6(9)10)4(2)7(13)14/h1,6H,(H,13,14). The van der Waals surface area contributed by atoms with Crippen LogP contribution in [0.2, 0.25) is 0 Å². The van der Waals surface area contributed by atoms with E-state index in [0.29, 0.717) is 3.70 Å². The fourth-order valence-electron chi connectivity index (χ4n) is 0.872. The lowest BCUT2D eigenvalue weighted by molar-refractivity contribution is 0.0681. The van der Waals surface area contributed by atoms with E-state index >= 15 is 0 Å². The van der Waals surface area contributed by atoms with Crippen LogP contribution in [-0.4, -0.2) is 16.1 Å². The zero-order valence-electron chi connectivity index (χ0n) is 6.47. The van der Waals surface area contributed by atoms with Gasteiger partial charge < -0.3 is 5.11 Å². The molecule has 7 heteroatoms. The lowest BCUT2D eigenvalue weighted by Crippen LogP contribution is -2.07. The summed E-state index contributed by atoms with van der Waals surface area (Å²) >= 11 is 4.64. The van der Waals surface area contributed by atoms with Crippen LogP contribution >= 0.6 is 38.5 Å². The third-order valence-electron chi connectivity index (χ3n) is 1.39. The number of aromatic nitrogens is 1. The lowest BCUT2D eigenvalue weighted by atomic mass is 10.2. The van der Waals surface area contributed by atoms with Crippen molar-refractivity contribution in [2.45, 2.75) is 6.43 Å². The molecule has 0 atom stereocenters. The second-order valence-corrected chi connectivity index (χ2v) is 4.25. The summed E-state index contributed by atoms with van der Waals surface area (Å²) in [5, 5.41) is 8.68. The van der Waals surface area contributed by atoms with Crippen molar-refractivity contribution in [3.63, 3.8) is 0 Å². The molecule has 0 amide bonds. The van der Waals surface area contributed by atoms with Crippen LogP contribution in [0.25, 0.3) is 0 Å². The van der Waals surface area contributed by atoms with Crippen LogP contribution in [0.3, 0.4) is 0 Å². The third kappa shape index (κ3) is 2.38. The van der Waals surface area contributed by atoms with E-state index < -0.39 is 23.7 Å². The van der Waals surface area contributed by atoms with Crippen molar-refractivity contribution in [1.29, 1.82) is 0 Å². The first kappa shape index (κ1) is 11.8. The molecule has 0 saturated heterocycles. The number of halogens is 4. The predicted molar refractivity (Wildman–Crippen MR) is 56.6 cm³/mol. The SMILES string of the molecule is O=C(O)c1c(Br)cc(I)nc1C(F)F. The van der Waals surface area contributed by atoms with Crippen molar-refractivity contribution >= 4 is 44.5 Å². The average Bonchev–Trinajstić information content (AvgIpc) is 2.01. The van der Waals surface area contributed by atoms with Crippen LogP contribution in [0.5, 0.6) is 0 Å². The fourth-order valence-corrected chi connectivity index (χ4v) is 2.46. The van der Waals surface area contributed by atoms with E-state index in [4.69, 9.17) is 5.11 Å². The number of carboxylic acids is 1. The number of carboxylic acid groups (broad SMARTS) is 1. The normalized spacial score (nSPS) is 10.6. The highest BCUT2D eigenvalue weighted by Gasteiger charge is 2.23. The third-order valence-corrected chi connectivity index (χ3v) is 2.57. The van der Waals surface area contributed by atoms with E-state index in [-0.39, 0.29) is 4.47 Å². The van der Waals surface area contributed by atoms with Crippen molar-refractivity contribution in [3.8, 4) is 0 Å². The zero-order chi connectivity index (χ0) is 10.9. The molecular formula is C7H3BrF2INO2. The molecule has 1 aromatic heterocycles. The Morgan fingerprint density at radius 3 is 2.64 bits per heavy atom. The van der Waals surface area contributed by atoms with Crippen LogP contribution in [0.1, 0.15) is 22.5 Å². The average molecular weight is 378 g/mol. The number of carbonyl (C=O) groups is 1. The first-order valence-electron chi connectivity index (χ1n) is 3.31. The molecule has 76 valence electrons. The molecule has 0 radical (unpaired) electrons. The van der Waals surface area contributed by atoms with Gasteiger partial charge >= 0.3 is 5.97 Å². The van der Waals surface area contributed by atoms with Gasteiger partial charge in [0.05, 0.1) is 0 Å². The van der Waals surface area contributed by atoms with Crippen molar-refractivity contribution < 1.29 is 18.7 Å². The summed E-state index contributed by atoms with van der Waals surface area (Å²) in [5.74, 6) is -1.42. The fraction of sp³-hybridized carbons (Fsp3) is 0.143. The molecule has 3 nitrogen and oxygen atoms in total. The topological polar surface area (TPSA) is 50.2 Å². The van der Waals surface area contributed by atoms with E-state index in [0.717, 1.165) is 0 Å². The minimum atomic E-state index is -2.90. The molecule has 1 N–H and O–H groups in total. The number of pyridine rings is 1. The van der Waals surface area contributed by atoms with Gasteiger partial charge in [-0.1, -0.05) is 0 Å². The highest BCUT2D eigenvalue weighted by atomic mass is 127. The first-order chi connectivity index (χ1) is 6.43. The Labute approximate surface area is 99.8 Å². The van der Waals surface area contributed by atoms with E-state index in [1.54, 1.807) is 22.6 Å². The van der Waals surface area contributed by atoms with Crippen LogP contribution in [0, 0.1) is 3.70 Å². The minimum Gasteiger partial charge on any atom is -0.478 e. The molecule has 0 bridgehead atoms. The van der Waals surface area contributed by atoms with Gasteiger partial charge in [-0.05, 0) is 44.6 Å². The Kier molecular flexibility index (Phi) is 3.76. The number of aromatic carboxylic acids is 1. The first-order valence-corrected chi connectivity index (χ1v) is 5.18. The minimum absolute atomic E-state index is 0.111. The molecule has 1 rings (SSSR count). The number of alkyl halides is 2. The van der Waals surface area contributed by atoms with Gasteiger partial charge in [0.25, 0.3) is 6.43 Å². The van der Waals surface area contributed by atoms with E-state index in [2.05, 4.69) is 20.9 Å². The zero-order valence-corrected chi connectivity index (χ0v) is 10.2. The summed E-state index contributed by atoms with van der Waals surface area (Å²) in [6.45, 7) is 0. The van der Waals surface area contributed by atoms with Gasteiger partial charge in [-0.15, -0.1) is 0 Å². The van der Waals surface area contributed by atoms with Gasteiger partial charge in [0.1, 0.15) is 15.0 Å². The summed E-state index contributed by atoms with van der Waals surface area (Å²) < 4.78 is 25.2. The van der Waals surface area contributed by atoms with Crippen molar-refractivity contribution in [2.24, 2.45) is 0 Å². The molecule has 0 aromatic carbocycles. The number of nitrogens with zero attached hydrogens (tertiary/aromatic N) is 1.